The molecular weight excluding hydrogens is 264 g/mol. The molecule has 0 aliphatic heterocycles. The first-order chi connectivity index (χ1) is 10.3. The van der Waals surface area contributed by atoms with Gasteiger partial charge in [-0.05, 0) is 37.1 Å². The van der Waals surface area contributed by atoms with Crippen molar-refractivity contribution in [3.63, 3.8) is 0 Å². The van der Waals surface area contributed by atoms with E-state index < -0.39 is 0 Å². The van der Waals surface area contributed by atoms with Crippen molar-refractivity contribution in [2.45, 2.75) is 45.3 Å². The Kier molecular flexibility index (Phi) is 4.20. The minimum Gasteiger partial charge on any atom is -0.353 e. The Hall–Kier alpha value is -1.88. The number of nitrogens with zero attached hydrogens (tertiary/aromatic N) is 2. The maximum Gasteiger partial charge on any atom is 0.222 e. The van der Waals surface area contributed by atoms with E-state index in [9.17, 15) is 4.79 Å². The Morgan fingerprint density at radius 1 is 1.48 bits per heavy atom. The van der Waals surface area contributed by atoms with Crippen LogP contribution in [0.15, 0.2) is 24.5 Å². The van der Waals surface area contributed by atoms with E-state index in [2.05, 4.69) is 39.4 Å². The summed E-state index contributed by atoms with van der Waals surface area (Å²) in [5.41, 5.74) is 2.20. The van der Waals surface area contributed by atoms with Crippen LogP contribution in [-0.2, 0) is 17.9 Å². The smallest absolute Gasteiger partial charge is 0.222 e. The van der Waals surface area contributed by atoms with E-state index in [1.54, 1.807) is 6.20 Å². The predicted octanol–water partition coefficient (Wildman–Crippen LogP) is 1.81. The standard InChI is InChI=1S/C16H22N4O/c1-2-17-10-12-11-20(16-14(12)4-3-8-18-16)9-7-15(21)19-13-5-6-13/h3-4,8,11,13,17H,2,5-7,9-10H2,1H3,(H,19,21). The van der Waals surface area contributed by atoms with Gasteiger partial charge in [-0.15, -0.1) is 0 Å². The fourth-order valence-corrected chi connectivity index (χ4v) is 2.52. The fourth-order valence-electron chi connectivity index (χ4n) is 2.52. The van der Waals surface area contributed by atoms with Gasteiger partial charge in [-0.25, -0.2) is 4.98 Å². The number of amides is 1. The molecule has 0 spiro atoms. The minimum absolute atomic E-state index is 0.142. The Morgan fingerprint density at radius 2 is 2.33 bits per heavy atom. The molecular formula is C16H22N4O. The molecule has 0 atom stereocenters. The number of carbonyl (C=O) groups is 1. The topological polar surface area (TPSA) is 59.0 Å². The Bertz CT molecular complexity index is 630. The van der Waals surface area contributed by atoms with Crippen LogP contribution in [0.5, 0.6) is 0 Å². The number of hydrogen-bond donors (Lipinski definition) is 2. The van der Waals surface area contributed by atoms with Gasteiger partial charge in [0.1, 0.15) is 5.65 Å². The summed E-state index contributed by atoms with van der Waals surface area (Å²) in [6, 6.07) is 4.49. The predicted molar refractivity (Wildman–Crippen MR) is 82.9 cm³/mol. The monoisotopic (exact) mass is 286 g/mol. The van der Waals surface area contributed by atoms with E-state index in [-0.39, 0.29) is 5.91 Å². The van der Waals surface area contributed by atoms with Crippen LogP contribution < -0.4 is 10.6 Å². The molecule has 0 aromatic carbocycles. The Balaban J connectivity index is 1.72. The molecule has 0 bridgehead atoms. The molecule has 21 heavy (non-hydrogen) atoms. The van der Waals surface area contributed by atoms with Gasteiger partial charge in [0.2, 0.25) is 5.91 Å². The molecule has 5 nitrogen and oxygen atoms in total. The summed E-state index contributed by atoms with van der Waals surface area (Å²) >= 11 is 0. The number of carbonyl (C=O) groups excluding carboxylic acids is 1. The molecule has 5 heteroatoms. The zero-order valence-electron chi connectivity index (χ0n) is 12.4. The lowest BCUT2D eigenvalue weighted by Gasteiger charge is -2.05. The SMILES string of the molecule is CCNCc1cn(CCC(=O)NC2CC2)c2ncccc12. The van der Waals surface area contributed by atoms with Gasteiger partial charge < -0.3 is 15.2 Å². The largest absolute Gasteiger partial charge is 0.353 e. The lowest BCUT2D eigenvalue weighted by Crippen LogP contribution is -2.26. The van der Waals surface area contributed by atoms with Crippen molar-refractivity contribution in [2.24, 2.45) is 0 Å². The maximum atomic E-state index is 11.8. The summed E-state index contributed by atoms with van der Waals surface area (Å²) in [6.07, 6.45) is 6.70. The van der Waals surface area contributed by atoms with E-state index in [0.29, 0.717) is 19.0 Å². The van der Waals surface area contributed by atoms with Crippen LogP contribution in [0, 0.1) is 0 Å². The summed E-state index contributed by atoms with van der Waals surface area (Å²) in [7, 11) is 0. The number of aryl methyl sites for hydroxylation is 1. The van der Waals surface area contributed by atoms with Crippen molar-refractivity contribution >= 4 is 16.9 Å². The van der Waals surface area contributed by atoms with E-state index in [4.69, 9.17) is 0 Å². The third-order valence-electron chi connectivity index (χ3n) is 3.80. The van der Waals surface area contributed by atoms with Gasteiger partial charge in [-0.3, -0.25) is 4.79 Å². The lowest BCUT2D eigenvalue weighted by molar-refractivity contribution is -0.121. The highest BCUT2D eigenvalue weighted by Gasteiger charge is 2.23. The van der Waals surface area contributed by atoms with Crippen molar-refractivity contribution < 1.29 is 4.79 Å². The molecule has 2 aromatic rings. The zero-order chi connectivity index (χ0) is 14.7. The van der Waals surface area contributed by atoms with E-state index in [1.807, 2.05) is 6.07 Å². The molecule has 1 amide bonds. The second-order valence-corrected chi connectivity index (χ2v) is 5.59. The molecule has 2 heterocycles. The molecule has 1 aliphatic rings. The summed E-state index contributed by atoms with van der Waals surface area (Å²) in [5.74, 6) is 0.142. The van der Waals surface area contributed by atoms with Gasteiger partial charge in [-0.2, -0.15) is 0 Å². The number of pyridine rings is 1. The molecule has 1 aliphatic carbocycles. The Labute approximate surface area is 124 Å². The van der Waals surface area contributed by atoms with Gasteiger partial charge in [0, 0.05) is 43.3 Å². The molecule has 2 N–H and O–H groups in total. The third-order valence-corrected chi connectivity index (χ3v) is 3.80. The number of rotatable bonds is 7. The second kappa shape index (κ2) is 6.26. The summed E-state index contributed by atoms with van der Waals surface area (Å²) < 4.78 is 2.09. The van der Waals surface area contributed by atoms with Crippen LogP contribution >= 0.6 is 0 Å². The maximum absolute atomic E-state index is 11.8. The summed E-state index contributed by atoms with van der Waals surface area (Å²) in [6.45, 7) is 4.55. The average Bonchev–Trinajstić information content (AvgIpc) is 3.24. The van der Waals surface area contributed by atoms with Crippen molar-refractivity contribution in [2.75, 3.05) is 6.54 Å². The van der Waals surface area contributed by atoms with Crippen molar-refractivity contribution in [1.82, 2.24) is 20.2 Å². The van der Waals surface area contributed by atoms with Gasteiger partial charge in [0.25, 0.3) is 0 Å². The van der Waals surface area contributed by atoms with Crippen molar-refractivity contribution in [3.05, 3.63) is 30.1 Å². The fraction of sp³-hybridized carbons (Fsp3) is 0.500. The van der Waals surface area contributed by atoms with Gasteiger partial charge in [-0.1, -0.05) is 6.92 Å². The number of nitrogens with one attached hydrogen (secondary N) is 2. The highest BCUT2D eigenvalue weighted by Crippen LogP contribution is 2.20. The van der Waals surface area contributed by atoms with Gasteiger partial charge >= 0.3 is 0 Å². The highest BCUT2D eigenvalue weighted by atomic mass is 16.1. The molecule has 1 fully saturated rings. The first kappa shape index (κ1) is 14.1. The minimum atomic E-state index is 0.142. The normalized spacial score (nSPS) is 14.5. The quantitative estimate of drug-likeness (QED) is 0.816. The lowest BCUT2D eigenvalue weighted by atomic mass is 10.2. The molecule has 2 aromatic heterocycles. The zero-order valence-corrected chi connectivity index (χ0v) is 12.4. The number of hydrogen-bond acceptors (Lipinski definition) is 3. The average molecular weight is 286 g/mol. The van der Waals surface area contributed by atoms with Crippen molar-refractivity contribution in [1.29, 1.82) is 0 Å². The van der Waals surface area contributed by atoms with E-state index in [0.717, 1.165) is 31.6 Å². The van der Waals surface area contributed by atoms with Crippen LogP contribution in [0.1, 0.15) is 31.7 Å². The molecule has 112 valence electrons. The van der Waals surface area contributed by atoms with Crippen LogP contribution in [0.25, 0.3) is 11.0 Å². The third kappa shape index (κ3) is 3.42. The van der Waals surface area contributed by atoms with E-state index in [1.165, 1.54) is 10.9 Å². The van der Waals surface area contributed by atoms with Gasteiger partial charge in [0.05, 0.1) is 0 Å². The molecule has 0 unspecified atom stereocenters. The van der Waals surface area contributed by atoms with Crippen molar-refractivity contribution in [3.8, 4) is 0 Å². The van der Waals surface area contributed by atoms with Gasteiger partial charge in [0.15, 0.2) is 0 Å². The second-order valence-electron chi connectivity index (χ2n) is 5.59. The molecule has 0 saturated heterocycles. The number of aromatic nitrogens is 2. The van der Waals surface area contributed by atoms with Crippen LogP contribution in [0.4, 0.5) is 0 Å². The highest BCUT2D eigenvalue weighted by molar-refractivity contribution is 5.81. The Morgan fingerprint density at radius 3 is 3.10 bits per heavy atom. The first-order valence-corrected chi connectivity index (χ1v) is 7.70. The molecule has 1 saturated carbocycles. The first-order valence-electron chi connectivity index (χ1n) is 7.70. The number of fused-ring (bicyclic) bond motifs is 1. The van der Waals surface area contributed by atoms with Crippen LogP contribution in [0.2, 0.25) is 0 Å². The molecule has 0 radical (unpaired) electrons. The summed E-state index contributed by atoms with van der Waals surface area (Å²) in [5, 5.41) is 7.54. The van der Waals surface area contributed by atoms with E-state index >= 15 is 0 Å². The van der Waals surface area contributed by atoms with Crippen LogP contribution in [-0.4, -0.2) is 28.0 Å². The molecule has 3 rings (SSSR count). The summed E-state index contributed by atoms with van der Waals surface area (Å²) in [4.78, 5) is 16.3. The van der Waals surface area contributed by atoms with Crippen LogP contribution in [0.3, 0.4) is 0 Å².